The van der Waals surface area contributed by atoms with E-state index in [0.29, 0.717) is 17.0 Å². The molecule has 104 valence electrons. The van der Waals surface area contributed by atoms with Crippen LogP contribution in [0.1, 0.15) is 42.4 Å². The molecule has 0 radical (unpaired) electrons. The molecule has 20 heavy (non-hydrogen) atoms. The molecule has 3 nitrogen and oxygen atoms in total. The molecule has 0 fully saturated rings. The van der Waals surface area contributed by atoms with Crippen LogP contribution in [0.2, 0.25) is 0 Å². The molecule has 1 heterocycles. The first-order chi connectivity index (χ1) is 9.43. The molecular weight excluding hydrogens is 250 g/mol. The van der Waals surface area contributed by atoms with Crippen LogP contribution in [0.4, 0.5) is 0 Å². The van der Waals surface area contributed by atoms with E-state index in [2.05, 4.69) is 25.8 Å². The summed E-state index contributed by atoms with van der Waals surface area (Å²) < 4.78 is 5.18. The van der Waals surface area contributed by atoms with Crippen LogP contribution in [-0.4, -0.2) is 17.9 Å². The predicted octanol–water partition coefficient (Wildman–Crippen LogP) is 3.62. The minimum absolute atomic E-state index is 0.0737. The van der Waals surface area contributed by atoms with Gasteiger partial charge in [-0.3, -0.25) is 4.79 Å². The van der Waals surface area contributed by atoms with Gasteiger partial charge in [-0.25, -0.2) is 4.98 Å². The maximum absolute atomic E-state index is 12.4. The van der Waals surface area contributed by atoms with Crippen molar-refractivity contribution in [3.8, 4) is 5.75 Å². The zero-order valence-corrected chi connectivity index (χ0v) is 12.3. The highest BCUT2D eigenvalue weighted by Gasteiger charge is 2.17. The third kappa shape index (κ3) is 2.87. The van der Waals surface area contributed by atoms with E-state index >= 15 is 0 Å². The molecule has 0 aliphatic heterocycles. The van der Waals surface area contributed by atoms with E-state index in [4.69, 9.17) is 4.74 Å². The van der Waals surface area contributed by atoms with Crippen molar-refractivity contribution in [2.24, 2.45) is 0 Å². The largest absolute Gasteiger partial charge is 0.494 e. The molecule has 0 aliphatic carbocycles. The van der Waals surface area contributed by atoms with Crippen molar-refractivity contribution in [3.05, 3.63) is 59.4 Å². The molecule has 0 amide bonds. The summed E-state index contributed by atoms with van der Waals surface area (Å²) in [6, 6.07) is 11.2. The number of benzene rings is 1. The molecule has 1 aromatic heterocycles. The minimum Gasteiger partial charge on any atom is -0.494 e. The fourth-order valence-corrected chi connectivity index (χ4v) is 1.98. The normalized spacial score (nSPS) is 11.2. The third-order valence-electron chi connectivity index (χ3n) is 3.22. The summed E-state index contributed by atoms with van der Waals surface area (Å²) in [5.41, 5.74) is 2.24. The van der Waals surface area contributed by atoms with Gasteiger partial charge in [-0.05, 0) is 23.1 Å². The monoisotopic (exact) mass is 269 g/mol. The zero-order valence-electron chi connectivity index (χ0n) is 12.3. The Morgan fingerprint density at radius 2 is 1.75 bits per heavy atom. The van der Waals surface area contributed by atoms with Crippen LogP contribution in [0.5, 0.6) is 5.75 Å². The van der Waals surface area contributed by atoms with Crippen LogP contribution in [0.3, 0.4) is 0 Å². The maximum Gasteiger partial charge on any atom is 0.215 e. The van der Waals surface area contributed by atoms with Crippen LogP contribution in [0.25, 0.3) is 0 Å². The standard InChI is InChI=1S/C17H19NO2/c1-17(2,3)13-9-7-12(8-10-13)16(19)15-14(20-4)6-5-11-18-15/h5-11H,1-4H3. The summed E-state index contributed by atoms with van der Waals surface area (Å²) >= 11 is 0. The lowest BCUT2D eigenvalue weighted by molar-refractivity contribution is 0.103. The quantitative estimate of drug-likeness (QED) is 0.799. The number of hydrogen-bond donors (Lipinski definition) is 0. The lowest BCUT2D eigenvalue weighted by Gasteiger charge is -2.19. The SMILES string of the molecule is COc1cccnc1C(=O)c1ccc(C(C)(C)C)cc1. The molecule has 0 spiro atoms. The number of carbonyl (C=O) groups excluding carboxylic acids is 1. The van der Waals surface area contributed by atoms with Crippen molar-refractivity contribution in [3.63, 3.8) is 0 Å². The van der Waals surface area contributed by atoms with Gasteiger partial charge in [0.05, 0.1) is 7.11 Å². The number of nitrogens with zero attached hydrogens (tertiary/aromatic N) is 1. The molecule has 2 aromatic rings. The van der Waals surface area contributed by atoms with Crippen molar-refractivity contribution >= 4 is 5.78 Å². The Hall–Kier alpha value is -2.16. The Morgan fingerprint density at radius 3 is 2.30 bits per heavy atom. The Labute approximate surface area is 119 Å². The Balaban J connectivity index is 2.34. The van der Waals surface area contributed by atoms with Gasteiger partial charge in [-0.1, -0.05) is 45.0 Å². The van der Waals surface area contributed by atoms with E-state index in [1.54, 1.807) is 18.3 Å². The maximum atomic E-state index is 12.4. The summed E-state index contributed by atoms with van der Waals surface area (Å²) in [5, 5.41) is 0. The van der Waals surface area contributed by atoms with Gasteiger partial charge in [-0.2, -0.15) is 0 Å². The van der Waals surface area contributed by atoms with Crippen LogP contribution in [0, 0.1) is 0 Å². The van der Waals surface area contributed by atoms with Crippen molar-refractivity contribution in [1.82, 2.24) is 4.98 Å². The average Bonchev–Trinajstić information content (AvgIpc) is 2.45. The Bertz CT molecular complexity index is 610. The fourth-order valence-electron chi connectivity index (χ4n) is 1.98. The van der Waals surface area contributed by atoms with Gasteiger partial charge >= 0.3 is 0 Å². The number of ether oxygens (including phenoxy) is 1. The highest BCUT2D eigenvalue weighted by Crippen LogP contribution is 2.24. The lowest BCUT2D eigenvalue weighted by Crippen LogP contribution is -2.12. The van der Waals surface area contributed by atoms with Gasteiger partial charge in [0.1, 0.15) is 5.75 Å². The second-order valence-corrected chi connectivity index (χ2v) is 5.71. The molecule has 0 N–H and O–H groups in total. The molecule has 3 heteroatoms. The van der Waals surface area contributed by atoms with E-state index in [1.807, 2.05) is 24.3 Å². The van der Waals surface area contributed by atoms with Gasteiger partial charge in [0.15, 0.2) is 5.69 Å². The van der Waals surface area contributed by atoms with Gasteiger partial charge in [-0.15, -0.1) is 0 Å². The van der Waals surface area contributed by atoms with Crippen molar-refractivity contribution < 1.29 is 9.53 Å². The molecule has 0 saturated heterocycles. The van der Waals surface area contributed by atoms with Gasteiger partial charge in [0, 0.05) is 11.8 Å². The molecule has 0 bridgehead atoms. The van der Waals surface area contributed by atoms with Gasteiger partial charge in [0.25, 0.3) is 0 Å². The van der Waals surface area contributed by atoms with E-state index in [1.165, 1.54) is 12.7 Å². The average molecular weight is 269 g/mol. The predicted molar refractivity (Wildman–Crippen MR) is 79.4 cm³/mol. The fraction of sp³-hybridized carbons (Fsp3) is 0.294. The third-order valence-corrected chi connectivity index (χ3v) is 3.22. The van der Waals surface area contributed by atoms with Crippen LogP contribution in [0.15, 0.2) is 42.6 Å². The second-order valence-electron chi connectivity index (χ2n) is 5.71. The zero-order chi connectivity index (χ0) is 14.8. The lowest BCUT2D eigenvalue weighted by atomic mass is 9.86. The number of pyridine rings is 1. The number of ketones is 1. The van der Waals surface area contributed by atoms with Crippen LogP contribution < -0.4 is 4.74 Å². The highest BCUT2D eigenvalue weighted by molar-refractivity contribution is 6.09. The molecule has 2 rings (SSSR count). The molecule has 0 saturated carbocycles. The van der Waals surface area contributed by atoms with E-state index in [0.717, 1.165) is 0 Å². The molecule has 1 aromatic carbocycles. The summed E-state index contributed by atoms with van der Waals surface area (Å²) in [7, 11) is 1.54. The van der Waals surface area contributed by atoms with E-state index < -0.39 is 0 Å². The van der Waals surface area contributed by atoms with Crippen LogP contribution in [-0.2, 0) is 5.41 Å². The van der Waals surface area contributed by atoms with Crippen molar-refractivity contribution in [1.29, 1.82) is 0 Å². The molecule has 0 unspecified atom stereocenters. The number of carbonyl (C=O) groups is 1. The summed E-state index contributed by atoms with van der Waals surface area (Å²) in [4.78, 5) is 16.6. The van der Waals surface area contributed by atoms with Crippen molar-refractivity contribution in [2.75, 3.05) is 7.11 Å². The first-order valence-electron chi connectivity index (χ1n) is 6.58. The Kier molecular flexibility index (Phi) is 3.89. The topological polar surface area (TPSA) is 39.2 Å². The first kappa shape index (κ1) is 14.3. The molecular formula is C17H19NO2. The second kappa shape index (κ2) is 5.45. The van der Waals surface area contributed by atoms with Crippen LogP contribution >= 0.6 is 0 Å². The first-order valence-corrected chi connectivity index (χ1v) is 6.58. The summed E-state index contributed by atoms with van der Waals surface area (Å²) in [6.07, 6.45) is 1.60. The van der Waals surface area contributed by atoms with E-state index in [-0.39, 0.29) is 11.2 Å². The number of rotatable bonds is 3. The van der Waals surface area contributed by atoms with Crippen molar-refractivity contribution in [2.45, 2.75) is 26.2 Å². The van der Waals surface area contributed by atoms with E-state index in [9.17, 15) is 4.79 Å². The molecule has 0 aliphatic rings. The highest BCUT2D eigenvalue weighted by atomic mass is 16.5. The summed E-state index contributed by atoms with van der Waals surface area (Å²) in [5.74, 6) is 0.375. The van der Waals surface area contributed by atoms with Gasteiger partial charge < -0.3 is 4.74 Å². The number of methoxy groups -OCH3 is 1. The van der Waals surface area contributed by atoms with Gasteiger partial charge in [0.2, 0.25) is 5.78 Å². The number of aromatic nitrogens is 1. The summed E-state index contributed by atoms with van der Waals surface area (Å²) in [6.45, 7) is 6.43. The Morgan fingerprint density at radius 1 is 1.10 bits per heavy atom. The molecule has 0 atom stereocenters. The number of hydrogen-bond acceptors (Lipinski definition) is 3. The smallest absolute Gasteiger partial charge is 0.215 e. The minimum atomic E-state index is -0.122.